The minimum absolute atomic E-state index is 0.310. The van der Waals surface area contributed by atoms with Gasteiger partial charge >= 0.3 is 5.97 Å². The van der Waals surface area contributed by atoms with Gasteiger partial charge in [0.1, 0.15) is 5.00 Å². The number of carbonyl (C=O) groups is 2. The van der Waals surface area contributed by atoms with Crippen LogP contribution in [0.1, 0.15) is 27.2 Å². The molecule has 1 aliphatic carbocycles. The van der Waals surface area contributed by atoms with Crippen LogP contribution in [-0.2, 0) is 22.4 Å². The first kappa shape index (κ1) is 11.9. The number of hydrogen-bond acceptors (Lipinski definition) is 4. The van der Waals surface area contributed by atoms with Crippen LogP contribution in [0.15, 0.2) is 12.7 Å². The van der Waals surface area contributed by atoms with E-state index in [0.29, 0.717) is 10.6 Å². The third-order valence-corrected chi connectivity index (χ3v) is 3.94. The van der Waals surface area contributed by atoms with E-state index in [2.05, 4.69) is 11.9 Å². The highest BCUT2D eigenvalue weighted by molar-refractivity contribution is 7.17. The molecule has 2 rings (SSSR count). The summed E-state index contributed by atoms with van der Waals surface area (Å²) in [4.78, 5) is 24.2. The molecule has 0 fully saturated rings. The van der Waals surface area contributed by atoms with Crippen molar-refractivity contribution in [3.05, 3.63) is 28.7 Å². The molecule has 90 valence electrons. The number of rotatable bonds is 3. The Balaban J connectivity index is 2.41. The molecule has 1 N–H and O–H groups in total. The van der Waals surface area contributed by atoms with Crippen molar-refractivity contribution in [3.63, 3.8) is 0 Å². The number of aryl methyl sites for hydroxylation is 1. The summed E-state index contributed by atoms with van der Waals surface area (Å²) >= 11 is 1.46. The predicted octanol–water partition coefficient (Wildman–Crippen LogP) is 2.15. The maximum Gasteiger partial charge on any atom is 0.341 e. The molecule has 0 aromatic carbocycles. The monoisotopic (exact) mass is 251 g/mol. The molecular formula is C12H13NO3S. The standard InChI is InChI=1S/C12H13NO3S/c1-3-9(14)13-11-10(12(15)16-2)7-5-4-6-8(7)17-11/h3H,1,4-6H2,2H3,(H,13,14). The van der Waals surface area contributed by atoms with Crippen molar-refractivity contribution in [3.8, 4) is 0 Å². The van der Waals surface area contributed by atoms with Crippen LogP contribution in [0.5, 0.6) is 0 Å². The average molecular weight is 251 g/mol. The van der Waals surface area contributed by atoms with Gasteiger partial charge in [-0.3, -0.25) is 4.79 Å². The number of hydrogen-bond donors (Lipinski definition) is 1. The van der Waals surface area contributed by atoms with E-state index in [0.717, 1.165) is 24.8 Å². The fraction of sp³-hybridized carbons (Fsp3) is 0.333. The second kappa shape index (κ2) is 4.71. The van der Waals surface area contributed by atoms with E-state index in [9.17, 15) is 9.59 Å². The molecule has 0 bridgehead atoms. The molecule has 17 heavy (non-hydrogen) atoms. The number of nitrogens with one attached hydrogen (secondary N) is 1. The first-order valence-electron chi connectivity index (χ1n) is 5.33. The number of ether oxygens (including phenoxy) is 1. The Hall–Kier alpha value is -1.62. The fourth-order valence-corrected chi connectivity index (χ4v) is 3.25. The lowest BCUT2D eigenvalue weighted by atomic mass is 10.1. The van der Waals surface area contributed by atoms with E-state index in [1.165, 1.54) is 29.4 Å². The molecule has 0 atom stereocenters. The molecule has 1 aliphatic rings. The molecule has 0 spiro atoms. The first-order valence-corrected chi connectivity index (χ1v) is 6.15. The van der Waals surface area contributed by atoms with Crippen molar-refractivity contribution in [1.82, 2.24) is 0 Å². The van der Waals surface area contributed by atoms with Gasteiger partial charge in [0, 0.05) is 4.88 Å². The van der Waals surface area contributed by atoms with Crippen molar-refractivity contribution < 1.29 is 14.3 Å². The van der Waals surface area contributed by atoms with Crippen molar-refractivity contribution in [2.24, 2.45) is 0 Å². The molecule has 0 saturated heterocycles. The number of fused-ring (bicyclic) bond motifs is 1. The van der Waals surface area contributed by atoms with Gasteiger partial charge in [0.2, 0.25) is 5.91 Å². The Morgan fingerprint density at radius 2 is 2.24 bits per heavy atom. The molecule has 4 nitrogen and oxygen atoms in total. The fourth-order valence-electron chi connectivity index (χ4n) is 1.97. The van der Waals surface area contributed by atoms with Crippen LogP contribution >= 0.6 is 11.3 Å². The molecule has 1 heterocycles. The van der Waals surface area contributed by atoms with Gasteiger partial charge in [-0.15, -0.1) is 11.3 Å². The van der Waals surface area contributed by atoms with Gasteiger partial charge < -0.3 is 10.1 Å². The largest absolute Gasteiger partial charge is 0.465 e. The minimum Gasteiger partial charge on any atom is -0.465 e. The van der Waals surface area contributed by atoms with Gasteiger partial charge in [-0.25, -0.2) is 4.79 Å². The minimum atomic E-state index is -0.385. The summed E-state index contributed by atoms with van der Waals surface area (Å²) in [7, 11) is 1.35. The molecule has 0 aliphatic heterocycles. The highest BCUT2D eigenvalue weighted by atomic mass is 32.1. The van der Waals surface area contributed by atoms with Crippen LogP contribution in [0.4, 0.5) is 5.00 Å². The van der Waals surface area contributed by atoms with Gasteiger partial charge in [-0.05, 0) is 30.9 Å². The third-order valence-electron chi connectivity index (χ3n) is 2.73. The van der Waals surface area contributed by atoms with Crippen LogP contribution in [0.25, 0.3) is 0 Å². The zero-order valence-electron chi connectivity index (χ0n) is 9.54. The highest BCUT2D eigenvalue weighted by Gasteiger charge is 2.27. The van der Waals surface area contributed by atoms with Crippen LogP contribution in [-0.4, -0.2) is 19.0 Å². The molecular weight excluding hydrogens is 238 g/mol. The smallest absolute Gasteiger partial charge is 0.341 e. The zero-order valence-corrected chi connectivity index (χ0v) is 10.4. The Bertz CT molecular complexity index is 490. The van der Waals surface area contributed by atoms with Crippen LogP contribution < -0.4 is 5.32 Å². The van der Waals surface area contributed by atoms with Crippen LogP contribution in [0.2, 0.25) is 0 Å². The maximum absolute atomic E-state index is 11.7. The lowest BCUT2D eigenvalue weighted by Crippen LogP contribution is -2.11. The lowest BCUT2D eigenvalue weighted by Gasteiger charge is -2.04. The first-order chi connectivity index (χ1) is 8.17. The normalized spacial score (nSPS) is 13.0. The quantitative estimate of drug-likeness (QED) is 0.661. The molecule has 1 aromatic rings. The summed E-state index contributed by atoms with van der Waals surface area (Å²) in [5.41, 5.74) is 1.54. The Morgan fingerprint density at radius 1 is 1.47 bits per heavy atom. The van der Waals surface area contributed by atoms with Crippen LogP contribution in [0, 0.1) is 0 Å². The van der Waals surface area contributed by atoms with Gasteiger partial charge in [0.05, 0.1) is 12.7 Å². The maximum atomic E-state index is 11.7. The van der Waals surface area contributed by atoms with E-state index < -0.39 is 0 Å². The third kappa shape index (κ3) is 2.10. The Labute approximate surface area is 103 Å². The second-order valence-electron chi connectivity index (χ2n) is 3.75. The predicted molar refractivity (Wildman–Crippen MR) is 66.5 cm³/mol. The van der Waals surface area contributed by atoms with Gasteiger partial charge in [0.25, 0.3) is 0 Å². The average Bonchev–Trinajstić information content (AvgIpc) is 2.87. The van der Waals surface area contributed by atoms with Gasteiger partial charge in [-0.1, -0.05) is 6.58 Å². The van der Waals surface area contributed by atoms with E-state index in [4.69, 9.17) is 4.74 Å². The van der Waals surface area contributed by atoms with Gasteiger partial charge in [-0.2, -0.15) is 0 Å². The Kier molecular flexibility index (Phi) is 3.28. The summed E-state index contributed by atoms with van der Waals surface area (Å²) in [5.74, 6) is -0.696. The molecule has 0 unspecified atom stereocenters. The number of anilines is 1. The second-order valence-corrected chi connectivity index (χ2v) is 4.85. The number of thiophene rings is 1. The van der Waals surface area contributed by atoms with E-state index in [-0.39, 0.29) is 11.9 Å². The summed E-state index contributed by atoms with van der Waals surface area (Å²) in [6.45, 7) is 3.39. The van der Waals surface area contributed by atoms with Crippen molar-refractivity contribution >= 4 is 28.2 Å². The van der Waals surface area contributed by atoms with E-state index in [1.54, 1.807) is 0 Å². The van der Waals surface area contributed by atoms with E-state index >= 15 is 0 Å². The van der Waals surface area contributed by atoms with Crippen LogP contribution in [0.3, 0.4) is 0 Å². The lowest BCUT2D eigenvalue weighted by molar-refractivity contribution is -0.111. The SMILES string of the molecule is C=CC(=O)Nc1sc2c(c1C(=O)OC)CCC2. The van der Waals surface area contributed by atoms with Crippen molar-refractivity contribution in [1.29, 1.82) is 0 Å². The summed E-state index contributed by atoms with van der Waals surface area (Å²) in [6, 6.07) is 0. The molecule has 0 saturated carbocycles. The summed E-state index contributed by atoms with van der Waals surface area (Å²) < 4.78 is 4.77. The summed E-state index contributed by atoms with van der Waals surface area (Å²) in [5, 5.41) is 3.24. The zero-order chi connectivity index (χ0) is 12.4. The van der Waals surface area contributed by atoms with E-state index in [1.807, 2.05) is 0 Å². The van der Waals surface area contributed by atoms with Crippen molar-refractivity contribution in [2.75, 3.05) is 12.4 Å². The van der Waals surface area contributed by atoms with Crippen molar-refractivity contribution in [2.45, 2.75) is 19.3 Å². The highest BCUT2D eigenvalue weighted by Crippen LogP contribution is 2.39. The topological polar surface area (TPSA) is 55.4 Å². The molecule has 1 amide bonds. The number of methoxy groups -OCH3 is 1. The number of carbonyl (C=O) groups excluding carboxylic acids is 2. The number of amides is 1. The molecule has 5 heteroatoms. The summed E-state index contributed by atoms with van der Waals surface area (Å²) in [6.07, 6.45) is 4.08. The molecule has 1 aromatic heterocycles. The molecule has 0 radical (unpaired) electrons. The Morgan fingerprint density at radius 3 is 2.88 bits per heavy atom. The van der Waals surface area contributed by atoms with Gasteiger partial charge in [0.15, 0.2) is 0 Å². The number of esters is 1.